The van der Waals surface area contributed by atoms with Crippen molar-refractivity contribution in [3.05, 3.63) is 29.3 Å². The number of benzene rings is 1. The van der Waals surface area contributed by atoms with Gasteiger partial charge in [-0.1, -0.05) is 17.7 Å². The number of nitrogens with one attached hydrogen (secondary N) is 1. The summed E-state index contributed by atoms with van der Waals surface area (Å²) in [5.74, 6) is 1.04. The van der Waals surface area contributed by atoms with Gasteiger partial charge in [-0.15, -0.1) is 0 Å². The molecule has 0 spiro atoms. The zero-order valence-electron chi connectivity index (χ0n) is 15.6. The monoisotopic (exact) mass is 376 g/mol. The summed E-state index contributed by atoms with van der Waals surface area (Å²) in [4.78, 5) is 14.5. The van der Waals surface area contributed by atoms with Crippen LogP contribution in [0.2, 0.25) is 5.02 Å². The van der Waals surface area contributed by atoms with Crippen LogP contribution in [-0.2, 0) is 0 Å². The third-order valence-corrected chi connectivity index (χ3v) is 6.09. The molecule has 1 aromatic carbocycles. The van der Waals surface area contributed by atoms with E-state index in [1.807, 2.05) is 25.2 Å². The zero-order valence-corrected chi connectivity index (χ0v) is 16.3. The number of guanidine groups is 1. The SMILES string of the molecule is CN=C(NCC1CN2CCN1CC2)N1CCN(c2cccc(Cl)c2)CC1. The number of nitrogens with zero attached hydrogens (tertiary/aromatic N) is 5. The maximum absolute atomic E-state index is 6.13. The van der Waals surface area contributed by atoms with Crippen LogP contribution in [-0.4, -0.2) is 99.2 Å². The summed E-state index contributed by atoms with van der Waals surface area (Å²) in [7, 11) is 1.89. The van der Waals surface area contributed by atoms with Gasteiger partial charge in [0.15, 0.2) is 5.96 Å². The van der Waals surface area contributed by atoms with Crippen LogP contribution in [0.25, 0.3) is 0 Å². The molecule has 26 heavy (non-hydrogen) atoms. The fraction of sp³-hybridized carbons (Fsp3) is 0.632. The second-order valence-electron chi connectivity index (χ2n) is 7.37. The van der Waals surface area contributed by atoms with E-state index in [0.29, 0.717) is 6.04 Å². The van der Waals surface area contributed by atoms with E-state index in [4.69, 9.17) is 11.6 Å². The number of aliphatic imine (C=N–C) groups is 1. The van der Waals surface area contributed by atoms with Crippen LogP contribution in [0.1, 0.15) is 0 Å². The van der Waals surface area contributed by atoms with Gasteiger partial charge in [0.25, 0.3) is 0 Å². The van der Waals surface area contributed by atoms with Crippen LogP contribution in [0.3, 0.4) is 0 Å². The molecule has 4 aliphatic heterocycles. The molecule has 4 heterocycles. The topological polar surface area (TPSA) is 37.4 Å². The first-order valence-corrected chi connectivity index (χ1v) is 10.0. The summed E-state index contributed by atoms with van der Waals surface area (Å²) in [6.45, 7) is 11.0. The molecular formula is C19H29ClN6. The van der Waals surface area contributed by atoms with E-state index in [1.54, 1.807) is 0 Å². The molecule has 1 unspecified atom stereocenters. The van der Waals surface area contributed by atoms with E-state index < -0.39 is 0 Å². The third kappa shape index (κ3) is 3.92. The molecular weight excluding hydrogens is 348 g/mol. The van der Waals surface area contributed by atoms with Crippen molar-refractivity contribution in [3.8, 4) is 0 Å². The molecule has 1 N–H and O–H groups in total. The van der Waals surface area contributed by atoms with Gasteiger partial charge < -0.3 is 15.1 Å². The Bertz CT molecular complexity index is 635. The van der Waals surface area contributed by atoms with Crippen LogP contribution in [0.5, 0.6) is 0 Å². The van der Waals surface area contributed by atoms with Gasteiger partial charge >= 0.3 is 0 Å². The Morgan fingerprint density at radius 3 is 2.50 bits per heavy atom. The van der Waals surface area contributed by atoms with Crippen LogP contribution >= 0.6 is 11.6 Å². The maximum atomic E-state index is 6.13. The highest BCUT2D eigenvalue weighted by Gasteiger charge is 2.32. The molecule has 0 radical (unpaired) electrons. The lowest BCUT2D eigenvalue weighted by Gasteiger charge is -2.48. The Kier molecular flexibility index (Phi) is 5.52. The smallest absolute Gasteiger partial charge is 0.193 e. The van der Waals surface area contributed by atoms with Crippen molar-refractivity contribution in [1.82, 2.24) is 20.0 Å². The van der Waals surface area contributed by atoms with E-state index in [9.17, 15) is 0 Å². The van der Waals surface area contributed by atoms with E-state index in [0.717, 1.165) is 43.7 Å². The van der Waals surface area contributed by atoms with Crippen molar-refractivity contribution >= 4 is 23.2 Å². The Labute approximate surface area is 161 Å². The average molecular weight is 377 g/mol. The number of fused-ring (bicyclic) bond motifs is 3. The Hall–Kier alpha value is -1.50. The minimum Gasteiger partial charge on any atom is -0.368 e. The highest BCUT2D eigenvalue weighted by atomic mass is 35.5. The van der Waals surface area contributed by atoms with Crippen molar-refractivity contribution in [3.63, 3.8) is 0 Å². The number of rotatable bonds is 3. The van der Waals surface area contributed by atoms with Gasteiger partial charge in [-0.05, 0) is 18.2 Å². The molecule has 0 amide bonds. The van der Waals surface area contributed by atoms with Gasteiger partial charge in [0, 0.05) is 89.2 Å². The minimum atomic E-state index is 0.613. The predicted octanol–water partition coefficient (Wildman–Crippen LogP) is 1.04. The molecule has 0 aliphatic carbocycles. The number of hydrogen-bond donors (Lipinski definition) is 1. The lowest BCUT2D eigenvalue weighted by atomic mass is 10.1. The summed E-state index contributed by atoms with van der Waals surface area (Å²) < 4.78 is 0. The lowest BCUT2D eigenvalue weighted by Crippen LogP contribution is -2.64. The van der Waals surface area contributed by atoms with Crippen LogP contribution in [0, 0.1) is 0 Å². The molecule has 0 saturated carbocycles. The summed E-state index contributed by atoms with van der Waals surface area (Å²) in [6, 6.07) is 8.75. The van der Waals surface area contributed by atoms with Gasteiger partial charge in [-0.3, -0.25) is 14.8 Å². The van der Waals surface area contributed by atoms with Gasteiger partial charge in [0.2, 0.25) is 0 Å². The first-order chi connectivity index (χ1) is 12.7. The van der Waals surface area contributed by atoms with E-state index in [-0.39, 0.29) is 0 Å². The summed E-state index contributed by atoms with van der Waals surface area (Å²) >= 11 is 6.13. The largest absolute Gasteiger partial charge is 0.368 e. The van der Waals surface area contributed by atoms with Gasteiger partial charge in [-0.25, -0.2) is 0 Å². The minimum absolute atomic E-state index is 0.613. The number of halogens is 1. The molecule has 6 nitrogen and oxygen atoms in total. The third-order valence-electron chi connectivity index (χ3n) is 5.85. The second-order valence-corrected chi connectivity index (χ2v) is 7.81. The fourth-order valence-corrected chi connectivity index (χ4v) is 4.49. The zero-order chi connectivity index (χ0) is 17.9. The quantitative estimate of drug-likeness (QED) is 0.630. The highest BCUT2D eigenvalue weighted by molar-refractivity contribution is 6.30. The van der Waals surface area contributed by atoms with Gasteiger partial charge in [0.05, 0.1) is 0 Å². The summed E-state index contributed by atoms with van der Waals surface area (Å²) in [5, 5.41) is 4.43. The summed E-state index contributed by atoms with van der Waals surface area (Å²) in [6.07, 6.45) is 0. The lowest BCUT2D eigenvalue weighted by molar-refractivity contribution is 0.0152. The fourth-order valence-electron chi connectivity index (χ4n) is 4.31. The molecule has 7 heteroatoms. The van der Waals surface area contributed by atoms with E-state index in [2.05, 4.69) is 36.0 Å². The average Bonchev–Trinajstić information content (AvgIpc) is 2.70. The molecule has 4 aliphatic rings. The van der Waals surface area contributed by atoms with Crippen molar-refractivity contribution in [1.29, 1.82) is 0 Å². The predicted molar refractivity (Wildman–Crippen MR) is 108 cm³/mol. The molecule has 2 bridgehead atoms. The van der Waals surface area contributed by atoms with Crippen LogP contribution in [0.15, 0.2) is 29.3 Å². The Morgan fingerprint density at radius 2 is 1.88 bits per heavy atom. The summed E-state index contributed by atoms with van der Waals surface area (Å²) in [5.41, 5.74) is 1.21. The van der Waals surface area contributed by atoms with Crippen LogP contribution < -0.4 is 10.2 Å². The standard InChI is InChI=1S/C19H29ClN6/c1-21-19(22-14-18-15-23-5-7-25(18)8-6-23)26-11-9-24(10-12-26)17-4-2-3-16(20)13-17/h2-4,13,18H,5-12,14-15H2,1H3,(H,21,22). The maximum Gasteiger partial charge on any atom is 0.193 e. The second kappa shape index (κ2) is 8.03. The van der Waals surface area contributed by atoms with Gasteiger partial charge in [0.1, 0.15) is 0 Å². The molecule has 4 saturated heterocycles. The van der Waals surface area contributed by atoms with Crippen molar-refractivity contribution in [2.24, 2.45) is 4.99 Å². The first-order valence-electron chi connectivity index (χ1n) is 9.65. The Morgan fingerprint density at radius 1 is 1.12 bits per heavy atom. The normalized spacial score (nSPS) is 29.2. The van der Waals surface area contributed by atoms with E-state index >= 15 is 0 Å². The molecule has 0 aromatic heterocycles. The van der Waals surface area contributed by atoms with Gasteiger partial charge in [-0.2, -0.15) is 0 Å². The van der Waals surface area contributed by atoms with Crippen molar-refractivity contribution < 1.29 is 0 Å². The highest BCUT2D eigenvalue weighted by Crippen LogP contribution is 2.21. The molecule has 5 rings (SSSR count). The number of anilines is 1. The molecule has 4 fully saturated rings. The first kappa shape index (κ1) is 17.9. The van der Waals surface area contributed by atoms with E-state index in [1.165, 1.54) is 38.4 Å². The number of hydrogen-bond acceptors (Lipinski definition) is 4. The van der Waals surface area contributed by atoms with Crippen molar-refractivity contribution in [2.45, 2.75) is 6.04 Å². The van der Waals surface area contributed by atoms with Crippen molar-refractivity contribution in [2.75, 3.05) is 77.4 Å². The molecule has 1 atom stereocenters. The molecule has 142 valence electrons. The number of piperazine rings is 4. The Balaban J connectivity index is 1.28. The van der Waals surface area contributed by atoms with Crippen LogP contribution in [0.4, 0.5) is 5.69 Å². The molecule has 1 aromatic rings.